The fourth-order valence-electron chi connectivity index (χ4n) is 5.86. The fraction of sp³-hybridized carbons (Fsp3) is 0.636. The highest BCUT2D eigenvalue weighted by Gasteiger charge is 2.48. The minimum absolute atomic E-state index is 0.0775. The first-order valence-corrected chi connectivity index (χ1v) is 16.0. The Bertz CT molecular complexity index is 1230. The summed E-state index contributed by atoms with van der Waals surface area (Å²) in [4.78, 5) is 10.8. The van der Waals surface area contributed by atoms with Crippen LogP contribution in [0.15, 0.2) is 42.5 Å². The maximum atomic E-state index is 11.3. The van der Waals surface area contributed by atoms with Gasteiger partial charge in [-0.25, -0.2) is 0 Å². The molecule has 2 aromatic carbocycles. The van der Waals surface area contributed by atoms with E-state index in [0.29, 0.717) is 30.5 Å². The zero-order chi connectivity index (χ0) is 32.3. The van der Waals surface area contributed by atoms with Crippen molar-refractivity contribution in [1.29, 1.82) is 0 Å². The zero-order valence-corrected chi connectivity index (χ0v) is 26.7. The van der Waals surface area contributed by atoms with E-state index in [9.17, 15) is 10.1 Å². The fourth-order valence-corrected chi connectivity index (χ4v) is 5.86. The average molecular weight is 648 g/mol. The predicted octanol–water partition coefficient (Wildman–Crippen LogP) is 5.27. The van der Waals surface area contributed by atoms with Crippen molar-refractivity contribution < 1.29 is 52.3 Å². The second-order valence-electron chi connectivity index (χ2n) is 11.5. The Morgan fingerprint density at radius 1 is 0.804 bits per heavy atom. The Balaban J connectivity index is 1.26. The molecule has 0 amide bonds. The molecule has 0 saturated carbocycles. The van der Waals surface area contributed by atoms with Crippen molar-refractivity contribution in [3.8, 4) is 23.0 Å². The van der Waals surface area contributed by atoms with Gasteiger partial charge in [-0.3, -0.25) is 10.1 Å². The van der Waals surface area contributed by atoms with Crippen molar-refractivity contribution in [2.75, 3.05) is 47.3 Å². The van der Waals surface area contributed by atoms with Gasteiger partial charge in [0.1, 0.15) is 25.9 Å². The van der Waals surface area contributed by atoms with Crippen LogP contribution >= 0.6 is 0 Å². The van der Waals surface area contributed by atoms with Crippen molar-refractivity contribution >= 4 is 5.69 Å². The number of ether oxygens (including phenoxy) is 10. The topological polar surface area (TPSA) is 135 Å². The van der Waals surface area contributed by atoms with Crippen LogP contribution in [0.1, 0.15) is 45.4 Å². The molecular formula is C33H45NO12. The maximum Gasteiger partial charge on any atom is 0.310 e. The number of hydrogen-bond acceptors (Lipinski definition) is 12. The highest BCUT2D eigenvalue weighted by molar-refractivity contribution is 5.51. The number of nitro benzene ring substituents is 1. The highest BCUT2D eigenvalue weighted by Crippen LogP contribution is 2.39. The van der Waals surface area contributed by atoms with Gasteiger partial charge in [0.2, 0.25) is 5.75 Å². The van der Waals surface area contributed by atoms with E-state index in [1.165, 1.54) is 6.07 Å². The average Bonchev–Trinajstić information content (AvgIpc) is 3.09. The summed E-state index contributed by atoms with van der Waals surface area (Å²) in [6, 6.07) is 11.5. The van der Waals surface area contributed by atoms with Crippen LogP contribution in [0.5, 0.6) is 23.0 Å². The van der Waals surface area contributed by atoms with Gasteiger partial charge in [-0.1, -0.05) is 25.1 Å². The van der Waals surface area contributed by atoms with Crippen LogP contribution in [-0.4, -0.2) is 89.4 Å². The summed E-state index contributed by atoms with van der Waals surface area (Å²) < 4.78 is 60.6. The summed E-state index contributed by atoms with van der Waals surface area (Å²) in [5.74, 6) is 1.29. The van der Waals surface area contributed by atoms with Gasteiger partial charge in [0.05, 0.1) is 24.2 Å². The van der Waals surface area contributed by atoms with Gasteiger partial charge in [0.25, 0.3) is 0 Å². The lowest BCUT2D eigenvalue weighted by molar-refractivity contribution is -0.385. The van der Waals surface area contributed by atoms with Gasteiger partial charge < -0.3 is 47.4 Å². The maximum absolute atomic E-state index is 11.3. The molecule has 3 fully saturated rings. The van der Waals surface area contributed by atoms with E-state index in [1.807, 2.05) is 6.92 Å². The SMILES string of the molecule is COc1cccc(OCCOc2ccccc2[N+](=O)[O-])c1OCC1OC(OC)[C@H](OC2CCCCO2)[C@@H](OC2CCCCO2)[C@@H]1C. The molecule has 254 valence electrons. The highest BCUT2D eigenvalue weighted by atomic mass is 16.8. The molecule has 13 heteroatoms. The summed E-state index contributed by atoms with van der Waals surface area (Å²) in [6.07, 6.45) is 2.88. The Hall–Kier alpha value is -3.20. The lowest BCUT2D eigenvalue weighted by Crippen LogP contribution is -2.59. The minimum atomic E-state index is -0.725. The van der Waals surface area contributed by atoms with E-state index >= 15 is 0 Å². The van der Waals surface area contributed by atoms with Crippen LogP contribution in [0.2, 0.25) is 0 Å². The standard InChI is InChI=1S/C33H45NO12/c1-22-27(44-33(38-3)32(46-29-16-7-9-18-42-29)30(22)45-28-15-6-8-17-41-28)21-43-31-25(37-2)13-10-14-26(31)40-20-19-39-24-12-5-4-11-23(24)34(35)36/h4-5,10-14,22,27-30,32-33H,6-9,15-21H2,1-3H3/t22-,27?,28?,29?,30+,32-,33?/m1/s1. The molecule has 0 bridgehead atoms. The number of methoxy groups -OCH3 is 2. The Kier molecular flexibility index (Phi) is 12.7. The third kappa shape index (κ3) is 8.78. The van der Waals surface area contributed by atoms with Crippen LogP contribution in [0.4, 0.5) is 5.69 Å². The molecule has 4 unspecified atom stereocenters. The summed E-state index contributed by atoms with van der Waals surface area (Å²) in [7, 11) is 3.14. The van der Waals surface area contributed by atoms with E-state index in [0.717, 1.165) is 38.5 Å². The van der Waals surface area contributed by atoms with E-state index in [2.05, 4.69) is 0 Å². The Labute approximate surface area is 269 Å². The molecule has 0 aliphatic carbocycles. The van der Waals surface area contributed by atoms with E-state index in [-0.39, 0.29) is 49.8 Å². The van der Waals surface area contributed by atoms with Crippen LogP contribution < -0.4 is 18.9 Å². The van der Waals surface area contributed by atoms with Gasteiger partial charge in [-0.05, 0) is 56.7 Å². The second kappa shape index (κ2) is 17.1. The number of hydrogen-bond donors (Lipinski definition) is 0. The largest absolute Gasteiger partial charge is 0.493 e. The van der Waals surface area contributed by atoms with Crippen molar-refractivity contribution in [3.63, 3.8) is 0 Å². The predicted molar refractivity (Wildman–Crippen MR) is 164 cm³/mol. The van der Waals surface area contributed by atoms with Crippen molar-refractivity contribution in [2.24, 2.45) is 5.92 Å². The number of para-hydroxylation sites is 3. The Morgan fingerprint density at radius 2 is 1.43 bits per heavy atom. The lowest BCUT2D eigenvalue weighted by Gasteiger charge is -2.46. The lowest BCUT2D eigenvalue weighted by atomic mass is 9.90. The monoisotopic (exact) mass is 647 g/mol. The Morgan fingerprint density at radius 3 is 2.07 bits per heavy atom. The van der Waals surface area contributed by atoms with Crippen molar-refractivity contribution in [1.82, 2.24) is 0 Å². The first-order valence-electron chi connectivity index (χ1n) is 16.0. The quantitative estimate of drug-likeness (QED) is 0.142. The molecule has 46 heavy (non-hydrogen) atoms. The molecule has 2 aromatic rings. The smallest absolute Gasteiger partial charge is 0.310 e. The van der Waals surface area contributed by atoms with E-state index in [1.54, 1.807) is 50.6 Å². The summed E-state index contributed by atoms with van der Waals surface area (Å²) in [5, 5.41) is 11.3. The summed E-state index contributed by atoms with van der Waals surface area (Å²) >= 11 is 0. The molecule has 0 radical (unpaired) electrons. The van der Waals surface area contributed by atoms with Crippen molar-refractivity contribution in [3.05, 3.63) is 52.6 Å². The molecule has 13 nitrogen and oxygen atoms in total. The molecule has 7 atom stereocenters. The van der Waals surface area contributed by atoms with Crippen LogP contribution in [0.3, 0.4) is 0 Å². The number of nitro groups is 1. The number of rotatable bonds is 15. The molecule has 0 aromatic heterocycles. The zero-order valence-electron chi connectivity index (χ0n) is 26.7. The molecule has 5 rings (SSSR count). The van der Waals surface area contributed by atoms with Gasteiger partial charge in [-0.15, -0.1) is 0 Å². The van der Waals surface area contributed by atoms with Gasteiger partial charge in [-0.2, -0.15) is 0 Å². The third-order valence-corrected chi connectivity index (χ3v) is 8.35. The summed E-state index contributed by atoms with van der Waals surface area (Å²) in [5.41, 5.74) is -0.111. The molecule has 3 saturated heterocycles. The summed E-state index contributed by atoms with van der Waals surface area (Å²) in [6.45, 7) is 3.68. The van der Waals surface area contributed by atoms with Crippen molar-refractivity contribution in [2.45, 2.75) is 82.6 Å². The molecule has 0 N–H and O–H groups in total. The van der Waals surface area contributed by atoms with Crippen LogP contribution in [0, 0.1) is 16.0 Å². The molecule has 3 aliphatic heterocycles. The van der Waals surface area contributed by atoms with E-state index in [4.69, 9.17) is 47.4 Å². The van der Waals surface area contributed by atoms with Gasteiger partial charge in [0.15, 0.2) is 36.1 Å². The van der Waals surface area contributed by atoms with E-state index < -0.39 is 29.5 Å². The first kappa shape index (κ1) is 34.1. The third-order valence-electron chi connectivity index (χ3n) is 8.35. The molecule has 3 aliphatic rings. The van der Waals surface area contributed by atoms with Gasteiger partial charge in [0, 0.05) is 32.3 Å². The minimum Gasteiger partial charge on any atom is -0.493 e. The molecule has 3 heterocycles. The van der Waals surface area contributed by atoms with Crippen LogP contribution in [-0.2, 0) is 28.4 Å². The number of benzene rings is 2. The first-order chi connectivity index (χ1) is 22.5. The van der Waals surface area contributed by atoms with Gasteiger partial charge >= 0.3 is 5.69 Å². The molecular weight excluding hydrogens is 602 g/mol. The second-order valence-corrected chi connectivity index (χ2v) is 11.5. The van der Waals surface area contributed by atoms with Crippen LogP contribution in [0.25, 0.3) is 0 Å². The number of nitrogens with zero attached hydrogens (tertiary/aromatic N) is 1. The molecule has 0 spiro atoms. The normalized spacial score (nSPS) is 28.3.